The van der Waals surface area contributed by atoms with E-state index in [1.165, 1.54) is 11.1 Å². The first-order valence-corrected chi connectivity index (χ1v) is 8.96. The fourth-order valence-corrected chi connectivity index (χ4v) is 2.82. The molecule has 0 aromatic heterocycles. The summed E-state index contributed by atoms with van der Waals surface area (Å²) in [5.74, 6) is 0.288. The molecule has 2 rings (SSSR count). The number of hydrogen-bond donors (Lipinski definition) is 2. The fraction of sp³-hybridized carbons (Fsp3) is 0.550. The highest BCUT2D eigenvalue weighted by molar-refractivity contribution is 5.68. The summed E-state index contributed by atoms with van der Waals surface area (Å²) < 4.78 is 5.42. The van der Waals surface area contributed by atoms with E-state index in [1.54, 1.807) is 17.0 Å². The minimum atomic E-state index is -0.457. The molecule has 5 nitrogen and oxygen atoms in total. The molecule has 1 atom stereocenters. The average Bonchev–Trinajstić information content (AvgIpc) is 2.56. The van der Waals surface area contributed by atoms with Gasteiger partial charge in [-0.05, 0) is 51.3 Å². The van der Waals surface area contributed by atoms with Crippen molar-refractivity contribution in [3.8, 4) is 5.75 Å². The number of phenolic OH excluding ortho intramolecular Hbond substituents is 1. The zero-order valence-electron chi connectivity index (χ0n) is 15.7. The van der Waals surface area contributed by atoms with Gasteiger partial charge in [0.05, 0.1) is 0 Å². The number of rotatable bonds is 5. The van der Waals surface area contributed by atoms with E-state index in [1.807, 2.05) is 32.9 Å². The predicted octanol–water partition coefficient (Wildman–Crippen LogP) is 4.00. The number of amides is 1. The molecule has 0 spiro atoms. The SMILES string of the molecule is CCC(NCC1=CCN(C(=O)OC(C)(C)C)CC1)c1ccc(O)cc1. The maximum Gasteiger partial charge on any atom is 0.410 e. The summed E-state index contributed by atoms with van der Waals surface area (Å²) in [6.45, 7) is 9.89. The molecule has 0 bridgehead atoms. The van der Waals surface area contributed by atoms with Gasteiger partial charge in [0.1, 0.15) is 11.4 Å². The minimum Gasteiger partial charge on any atom is -0.508 e. The van der Waals surface area contributed by atoms with Gasteiger partial charge in [-0.25, -0.2) is 4.79 Å². The van der Waals surface area contributed by atoms with Crippen LogP contribution in [0.4, 0.5) is 4.79 Å². The lowest BCUT2D eigenvalue weighted by Gasteiger charge is -2.30. The van der Waals surface area contributed by atoms with Crippen molar-refractivity contribution in [1.82, 2.24) is 10.2 Å². The Morgan fingerprint density at radius 2 is 2.00 bits per heavy atom. The van der Waals surface area contributed by atoms with Gasteiger partial charge < -0.3 is 20.1 Å². The molecule has 1 aliphatic heterocycles. The van der Waals surface area contributed by atoms with E-state index in [-0.39, 0.29) is 17.9 Å². The summed E-state index contributed by atoms with van der Waals surface area (Å²) in [7, 11) is 0. The Morgan fingerprint density at radius 1 is 1.32 bits per heavy atom. The first-order chi connectivity index (χ1) is 11.8. The highest BCUT2D eigenvalue weighted by atomic mass is 16.6. The lowest BCUT2D eigenvalue weighted by Crippen LogP contribution is -2.40. The summed E-state index contributed by atoms with van der Waals surface area (Å²) in [5, 5.41) is 13.0. The molecule has 1 aromatic rings. The van der Waals surface area contributed by atoms with Crippen molar-refractivity contribution in [2.45, 2.75) is 52.2 Å². The predicted molar refractivity (Wildman–Crippen MR) is 99.6 cm³/mol. The van der Waals surface area contributed by atoms with E-state index in [0.717, 1.165) is 19.4 Å². The summed E-state index contributed by atoms with van der Waals surface area (Å²) in [4.78, 5) is 13.8. The Hall–Kier alpha value is -2.01. The second-order valence-electron chi connectivity index (χ2n) is 7.47. The number of carbonyl (C=O) groups is 1. The van der Waals surface area contributed by atoms with Crippen LogP contribution in [0.2, 0.25) is 0 Å². The van der Waals surface area contributed by atoms with Crippen LogP contribution in [0.25, 0.3) is 0 Å². The number of nitrogens with one attached hydrogen (secondary N) is 1. The fourth-order valence-electron chi connectivity index (χ4n) is 2.82. The highest BCUT2D eigenvalue weighted by Gasteiger charge is 2.23. The topological polar surface area (TPSA) is 61.8 Å². The Balaban J connectivity index is 1.85. The van der Waals surface area contributed by atoms with E-state index < -0.39 is 5.60 Å². The van der Waals surface area contributed by atoms with Gasteiger partial charge in [0.2, 0.25) is 0 Å². The Kier molecular flexibility index (Phi) is 6.48. The number of benzene rings is 1. The van der Waals surface area contributed by atoms with Crippen molar-refractivity contribution < 1.29 is 14.6 Å². The number of phenols is 1. The van der Waals surface area contributed by atoms with Gasteiger partial charge in [-0.3, -0.25) is 0 Å². The number of nitrogens with zero attached hydrogens (tertiary/aromatic N) is 1. The largest absolute Gasteiger partial charge is 0.508 e. The van der Waals surface area contributed by atoms with Gasteiger partial charge in [-0.15, -0.1) is 0 Å². The Labute approximate surface area is 150 Å². The zero-order chi connectivity index (χ0) is 18.4. The molecule has 1 heterocycles. The highest BCUT2D eigenvalue weighted by Crippen LogP contribution is 2.21. The second-order valence-corrected chi connectivity index (χ2v) is 7.47. The number of carbonyl (C=O) groups excluding carboxylic acids is 1. The molecule has 1 unspecified atom stereocenters. The maximum atomic E-state index is 12.1. The van der Waals surface area contributed by atoms with Crippen LogP contribution in [0, 0.1) is 0 Å². The van der Waals surface area contributed by atoms with Crippen LogP contribution in [0.1, 0.15) is 52.1 Å². The smallest absolute Gasteiger partial charge is 0.410 e. The summed E-state index contributed by atoms with van der Waals surface area (Å²) in [6.07, 6.45) is 3.70. The standard InChI is InChI=1S/C20H30N2O3/c1-5-18(16-6-8-17(23)9-7-16)21-14-15-10-12-22(13-11-15)19(24)25-20(2,3)4/h6-10,18,21,23H,5,11-14H2,1-4H3. The minimum absolute atomic E-state index is 0.244. The van der Waals surface area contributed by atoms with Crippen LogP contribution >= 0.6 is 0 Å². The van der Waals surface area contributed by atoms with Gasteiger partial charge >= 0.3 is 6.09 Å². The summed E-state index contributed by atoms with van der Waals surface area (Å²) in [6, 6.07) is 7.60. The molecule has 1 amide bonds. The van der Waals surface area contributed by atoms with Crippen molar-refractivity contribution >= 4 is 6.09 Å². The molecule has 25 heavy (non-hydrogen) atoms. The van der Waals surface area contributed by atoms with Crippen LogP contribution in [-0.2, 0) is 4.74 Å². The van der Waals surface area contributed by atoms with E-state index in [0.29, 0.717) is 13.1 Å². The van der Waals surface area contributed by atoms with Crippen molar-refractivity contribution in [2.75, 3.05) is 19.6 Å². The third kappa shape index (κ3) is 6.09. The monoisotopic (exact) mass is 346 g/mol. The number of hydrogen-bond acceptors (Lipinski definition) is 4. The zero-order valence-corrected chi connectivity index (χ0v) is 15.7. The Bertz CT molecular complexity index is 602. The first-order valence-electron chi connectivity index (χ1n) is 8.96. The molecule has 0 fully saturated rings. The molecule has 0 saturated heterocycles. The first kappa shape index (κ1) is 19.3. The third-order valence-corrected chi connectivity index (χ3v) is 4.23. The third-order valence-electron chi connectivity index (χ3n) is 4.23. The molecule has 0 saturated carbocycles. The summed E-state index contributed by atoms with van der Waals surface area (Å²) in [5.41, 5.74) is 2.03. The van der Waals surface area contributed by atoms with E-state index in [2.05, 4.69) is 18.3 Å². The van der Waals surface area contributed by atoms with E-state index >= 15 is 0 Å². The second kappa shape index (κ2) is 8.39. The molecule has 0 aliphatic carbocycles. The number of ether oxygens (including phenoxy) is 1. The van der Waals surface area contributed by atoms with Crippen molar-refractivity contribution in [2.24, 2.45) is 0 Å². The Morgan fingerprint density at radius 3 is 2.52 bits per heavy atom. The van der Waals surface area contributed by atoms with Crippen molar-refractivity contribution in [3.05, 3.63) is 41.5 Å². The van der Waals surface area contributed by atoms with Crippen LogP contribution in [0.5, 0.6) is 5.75 Å². The molecule has 1 aromatic carbocycles. The normalized spacial score (nSPS) is 16.3. The summed E-state index contributed by atoms with van der Waals surface area (Å²) >= 11 is 0. The molecule has 5 heteroatoms. The lowest BCUT2D eigenvalue weighted by atomic mass is 10.0. The molecule has 2 N–H and O–H groups in total. The van der Waals surface area contributed by atoms with Gasteiger partial charge in [-0.2, -0.15) is 0 Å². The van der Waals surface area contributed by atoms with Gasteiger partial charge in [0, 0.05) is 25.7 Å². The van der Waals surface area contributed by atoms with Crippen LogP contribution < -0.4 is 5.32 Å². The van der Waals surface area contributed by atoms with Gasteiger partial charge in [-0.1, -0.05) is 30.7 Å². The van der Waals surface area contributed by atoms with Crippen LogP contribution in [-0.4, -0.2) is 41.3 Å². The quantitative estimate of drug-likeness (QED) is 0.791. The molecular formula is C20H30N2O3. The lowest BCUT2D eigenvalue weighted by molar-refractivity contribution is 0.0265. The van der Waals surface area contributed by atoms with Gasteiger partial charge in [0.25, 0.3) is 0 Å². The van der Waals surface area contributed by atoms with Gasteiger partial charge in [0.15, 0.2) is 0 Å². The molecule has 1 aliphatic rings. The van der Waals surface area contributed by atoms with Crippen molar-refractivity contribution in [3.63, 3.8) is 0 Å². The molecule has 138 valence electrons. The van der Waals surface area contributed by atoms with E-state index in [9.17, 15) is 9.90 Å². The van der Waals surface area contributed by atoms with Crippen LogP contribution in [0.3, 0.4) is 0 Å². The molecule has 0 radical (unpaired) electrons. The molecular weight excluding hydrogens is 316 g/mol. The van der Waals surface area contributed by atoms with Crippen LogP contribution in [0.15, 0.2) is 35.9 Å². The van der Waals surface area contributed by atoms with Crippen molar-refractivity contribution in [1.29, 1.82) is 0 Å². The van der Waals surface area contributed by atoms with E-state index in [4.69, 9.17) is 4.74 Å². The maximum absolute atomic E-state index is 12.1. The average molecular weight is 346 g/mol. The number of aromatic hydroxyl groups is 1.